The van der Waals surface area contributed by atoms with Crippen LogP contribution in [0.15, 0.2) is 34.7 Å². The molecule has 2 aromatic heterocycles. The van der Waals surface area contributed by atoms with Crippen molar-refractivity contribution in [3.05, 3.63) is 50.8 Å². The number of hydrogen-bond acceptors (Lipinski definition) is 4. The number of aromatic amines is 1. The van der Waals surface area contributed by atoms with E-state index in [2.05, 4.69) is 15.3 Å². The van der Waals surface area contributed by atoms with Crippen molar-refractivity contribution >= 4 is 17.2 Å². The standard InChI is InChI=1S/C12H13N3O2S/c1-8(12-13-4-5-18-12)6-15-11(17)9-2-3-10(16)14-7-9/h2-5,7-8H,6H2,1H3,(H,14,16)(H,15,17). The van der Waals surface area contributed by atoms with E-state index in [1.807, 2.05) is 12.3 Å². The Morgan fingerprint density at radius 3 is 3.00 bits per heavy atom. The first kappa shape index (κ1) is 12.5. The van der Waals surface area contributed by atoms with Crippen LogP contribution in [-0.2, 0) is 0 Å². The molecule has 1 unspecified atom stereocenters. The van der Waals surface area contributed by atoms with Crippen LogP contribution < -0.4 is 10.9 Å². The van der Waals surface area contributed by atoms with Crippen LogP contribution >= 0.6 is 11.3 Å². The molecule has 1 amide bonds. The molecule has 1 atom stereocenters. The fraction of sp³-hybridized carbons (Fsp3) is 0.250. The number of H-pyrrole nitrogens is 1. The lowest BCUT2D eigenvalue weighted by molar-refractivity contribution is 0.0951. The van der Waals surface area contributed by atoms with Crippen molar-refractivity contribution in [3.63, 3.8) is 0 Å². The number of carbonyl (C=O) groups excluding carboxylic acids is 1. The molecular formula is C12H13N3O2S. The smallest absolute Gasteiger partial charge is 0.252 e. The lowest BCUT2D eigenvalue weighted by Crippen LogP contribution is -2.28. The summed E-state index contributed by atoms with van der Waals surface area (Å²) in [5, 5.41) is 5.72. The summed E-state index contributed by atoms with van der Waals surface area (Å²) in [7, 11) is 0. The Kier molecular flexibility index (Phi) is 3.88. The summed E-state index contributed by atoms with van der Waals surface area (Å²) >= 11 is 1.57. The van der Waals surface area contributed by atoms with Crippen molar-refractivity contribution in [1.82, 2.24) is 15.3 Å². The van der Waals surface area contributed by atoms with Crippen LogP contribution in [0, 0.1) is 0 Å². The van der Waals surface area contributed by atoms with Crippen molar-refractivity contribution < 1.29 is 4.79 Å². The highest BCUT2D eigenvalue weighted by Crippen LogP contribution is 2.16. The van der Waals surface area contributed by atoms with Gasteiger partial charge in [0.25, 0.3) is 5.91 Å². The van der Waals surface area contributed by atoms with Gasteiger partial charge in [-0.2, -0.15) is 0 Å². The first-order chi connectivity index (χ1) is 8.66. The molecule has 0 aromatic carbocycles. The van der Waals surface area contributed by atoms with E-state index in [0.717, 1.165) is 5.01 Å². The average molecular weight is 263 g/mol. The molecular weight excluding hydrogens is 250 g/mol. The third kappa shape index (κ3) is 3.04. The Morgan fingerprint density at radius 1 is 1.56 bits per heavy atom. The molecule has 0 aliphatic heterocycles. The molecule has 0 saturated heterocycles. The van der Waals surface area contributed by atoms with Gasteiger partial charge in [-0.1, -0.05) is 6.92 Å². The number of amides is 1. The maximum atomic E-state index is 11.8. The van der Waals surface area contributed by atoms with E-state index in [9.17, 15) is 9.59 Å². The highest BCUT2D eigenvalue weighted by atomic mass is 32.1. The van der Waals surface area contributed by atoms with Crippen molar-refractivity contribution in [1.29, 1.82) is 0 Å². The van der Waals surface area contributed by atoms with E-state index in [1.54, 1.807) is 17.5 Å². The lowest BCUT2D eigenvalue weighted by Gasteiger charge is -2.09. The van der Waals surface area contributed by atoms with Gasteiger partial charge in [-0.25, -0.2) is 4.98 Å². The zero-order chi connectivity index (χ0) is 13.0. The third-order valence-electron chi connectivity index (χ3n) is 2.49. The average Bonchev–Trinajstić information content (AvgIpc) is 2.90. The molecule has 2 heterocycles. The van der Waals surface area contributed by atoms with Gasteiger partial charge in [0.15, 0.2) is 0 Å². The Balaban J connectivity index is 1.92. The maximum absolute atomic E-state index is 11.8. The first-order valence-corrected chi connectivity index (χ1v) is 6.41. The maximum Gasteiger partial charge on any atom is 0.252 e. The Bertz CT molecular complexity index is 557. The van der Waals surface area contributed by atoms with Gasteiger partial charge in [-0.05, 0) is 6.07 Å². The van der Waals surface area contributed by atoms with Crippen LogP contribution in [0.1, 0.15) is 28.2 Å². The molecule has 2 rings (SSSR count). The van der Waals surface area contributed by atoms with Crippen LogP contribution in [0.5, 0.6) is 0 Å². The van der Waals surface area contributed by atoms with Gasteiger partial charge < -0.3 is 10.3 Å². The van der Waals surface area contributed by atoms with E-state index < -0.39 is 0 Å². The van der Waals surface area contributed by atoms with E-state index in [0.29, 0.717) is 12.1 Å². The highest BCUT2D eigenvalue weighted by molar-refractivity contribution is 7.09. The summed E-state index contributed by atoms with van der Waals surface area (Å²) in [5.74, 6) is -0.0219. The molecule has 2 N–H and O–H groups in total. The van der Waals surface area contributed by atoms with Gasteiger partial charge in [0.2, 0.25) is 5.56 Å². The van der Waals surface area contributed by atoms with Gasteiger partial charge in [-0.15, -0.1) is 11.3 Å². The minimum absolute atomic E-state index is 0.178. The second-order valence-corrected chi connectivity index (χ2v) is 4.85. The summed E-state index contributed by atoms with van der Waals surface area (Å²) in [5.41, 5.74) is 0.226. The Hall–Kier alpha value is -1.95. The largest absolute Gasteiger partial charge is 0.351 e. The minimum Gasteiger partial charge on any atom is -0.351 e. The van der Waals surface area contributed by atoms with E-state index in [-0.39, 0.29) is 17.4 Å². The predicted octanol–water partition coefficient (Wildman–Crippen LogP) is 1.36. The second kappa shape index (κ2) is 5.59. The van der Waals surface area contributed by atoms with E-state index in [4.69, 9.17) is 0 Å². The molecule has 0 fully saturated rings. The van der Waals surface area contributed by atoms with E-state index >= 15 is 0 Å². The molecule has 0 aliphatic rings. The minimum atomic E-state index is -0.220. The van der Waals surface area contributed by atoms with Crippen LogP contribution in [0.25, 0.3) is 0 Å². The predicted molar refractivity (Wildman–Crippen MR) is 69.9 cm³/mol. The normalized spacial score (nSPS) is 12.1. The van der Waals surface area contributed by atoms with Crippen LogP contribution in [-0.4, -0.2) is 22.4 Å². The lowest BCUT2D eigenvalue weighted by atomic mass is 10.2. The summed E-state index contributed by atoms with van der Waals surface area (Å²) in [6, 6.07) is 2.83. The fourth-order valence-electron chi connectivity index (χ4n) is 1.46. The molecule has 0 radical (unpaired) electrons. The number of nitrogens with zero attached hydrogens (tertiary/aromatic N) is 1. The fourth-order valence-corrected chi connectivity index (χ4v) is 2.16. The third-order valence-corrected chi connectivity index (χ3v) is 3.50. The van der Waals surface area contributed by atoms with Crippen LogP contribution in [0.4, 0.5) is 0 Å². The van der Waals surface area contributed by atoms with Crippen molar-refractivity contribution in [3.8, 4) is 0 Å². The topological polar surface area (TPSA) is 74.8 Å². The number of aromatic nitrogens is 2. The van der Waals surface area contributed by atoms with Crippen LogP contribution in [0.3, 0.4) is 0 Å². The Morgan fingerprint density at radius 2 is 2.39 bits per heavy atom. The SMILES string of the molecule is CC(CNC(=O)c1ccc(=O)[nH]c1)c1nccs1. The summed E-state index contributed by atoms with van der Waals surface area (Å²) in [6.07, 6.45) is 3.16. The number of rotatable bonds is 4. The first-order valence-electron chi connectivity index (χ1n) is 5.53. The molecule has 2 aromatic rings. The summed E-state index contributed by atoms with van der Waals surface area (Å²) in [4.78, 5) is 29.3. The number of pyridine rings is 1. The van der Waals surface area contributed by atoms with Gasteiger partial charge in [0, 0.05) is 36.3 Å². The molecule has 18 heavy (non-hydrogen) atoms. The summed E-state index contributed by atoms with van der Waals surface area (Å²) in [6.45, 7) is 2.53. The number of nitrogens with one attached hydrogen (secondary N) is 2. The molecule has 0 aliphatic carbocycles. The van der Waals surface area contributed by atoms with Crippen molar-refractivity contribution in [2.45, 2.75) is 12.8 Å². The molecule has 6 heteroatoms. The zero-order valence-corrected chi connectivity index (χ0v) is 10.7. The molecule has 94 valence electrons. The summed E-state index contributed by atoms with van der Waals surface area (Å²) < 4.78 is 0. The second-order valence-electron chi connectivity index (χ2n) is 3.92. The van der Waals surface area contributed by atoms with Gasteiger partial charge in [0.1, 0.15) is 0 Å². The van der Waals surface area contributed by atoms with E-state index in [1.165, 1.54) is 18.3 Å². The van der Waals surface area contributed by atoms with Crippen molar-refractivity contribution in [2.75, 3.05) is 6.54 Å². The van der Waals surface area contributed by atoms with Gasteiger partial charge >= 0.3 is 0 Å². The molecule has 0 bridgehead atoms. The monoisotopic (exact) mass is 263 g/mol. The number of thiazole rings is 1. The number of carbonyl (C=O) groups is 1. The van der Waals surface area contributed by atoms with Crippen LogP contribution in [0.2, 0.25) is 0 Å². The van der Waals surface area contributed by atoms with Gasteiger partial charge in [0.05, 0.1) is 10.6 Å². The van der Waals surface area contributed by atoms with Gasteiger partial charge in [-0.3, -0.25) is 9.59 Å². The Labute approximate surface area is 108 Å². The number of hydrogen-bond donors (Lipinski definition) is 2. The highest BCUT2D eigenvalue weighted by Gasteiger charge is 2.11. The molecule has 5 nitrogen and oxygen atoms in total. The quantitative estimate of drug-likeness (QED) is 0.874. The molecule has 0 saturated carbocycles. The zero-order valence-electron chi connectivity index (χ0n) is 9.84. The van der Waals surface area contributed by atoms with Crippen molar-refractivity contribution in [2.24, 2.45) is 0 Å². The molecule has 0 spiro atoms.